The third-order valence-electron chi connectivity index (χ3n) is 13.7. The molecule has 0 amide bonds. The minimum atomic E-state index is -1.25. The lowest BCUT2D eigenvalue weighted by Gasteiger charge is -2.59. The van der Waals surface area contributed by atoms with Crippen molar-refractivity contribution in [1.29, 1.82) is 0 Å². The van der Waals surface area contributed by atoms with Crippen molar-refractivity contribution in [2.75, 3.05) is 14.2 Å². The van der Waals surface area contributed by atoms with Gasteiger partial charge in [0.2, 0.25) is 0 Å². The number of ether oxygens (including phenoxy) is 6. The summed E-state index contributed by atoms with van der Waals surface area (Å²) < 4.78 is 35.6. The molecule has 2 heterocycles. The zero-order valence-electron chi connectivity index (χ0n) is 28.6. The van der Waals surface area contributed by atoms with Gasteiger partial charge in [-0.15, -0.1) is 0 Å². The zero-order valence-corrected chi connectivity index (χ0v) is 28.6. The molecule has 4 aliphatic carbocycles. The van der Waals surface area contributed by atoms with Gasteiger partial charge in [-0.25, -0.2) is 0 Å². The maximum Gasteiger partial charge on any atom is 0.187 e. The van der Waals surface area contributed by atoms with Gasteiger partial charge in [-0.3, -0.25) is 0 Å². The molecule has 0 aromatic rings. The first-order valence-electron chi connectivity index (χ1n) is 17.5. The Morgan fingerprint density at radius 3 is 2.11 bits per heavy atom. The van der Waals surface area contributed by atoms with E-state index in [0.717, 1.165) is 44.9 Å². The van der Waals surface area contributed by atoms with E-state index < -0.39 is 73.1 Å². The quantitative estimate of drug-likeness (QED) is 0.257. The second kappa shape index (κ2) is 12.9. The van der Waals surface area contributed by atoms with Crippen molar-refractivity contribution in [3.8, 4) is 0 Å². The molecule has 0 bridgehead atoms. The Kier molecular flexibility index (Phi) is 9.84. The Bertz CT molecular complexity index is 1120. The molecule has 11 heteroatoms. The summed E-state index contributed by atoms with van der Waals surface area (Å²) >= 11 is 0. The van der Waals surface area contributed by atoms with E-state index in [0.29, 0.717) is 24.2 Å². The predicted octanol–water partition coefficient (Wildman–Crippen LogP) is 2.43. The minimum absolute atomic E-state index is 0.0641. The van der Waals surface area contributed by atoms with Crippen LogP contribution in [0.5, 0.6) is 0 Å². The Morgan fingerprint density at radius 2 is 1.43 bits per heavy atom. The fourth-order valence-electron chi connectivity index (χ4n) is 10.8. The lowest BCUT2D eigenvalue weighted by atomic mass is 9.46. The van der Waals surface area contributed by atoms with Crippen LogP contribution in [0.3, 0.4) is 0 Å². The van der Waals surface area contributed by atoms with E-state index in [1.165, 1.54) is 19.8 Å². The first-order valence-corrected chi connectivity index (χ1v) is 17.5. The third kappa shape index (κ3) is 5.44. The van der Waals surface area contributed by atoms with Crippen LogP contribution in [0.1, 0.15) is 86.0 Å². The summed E-state index contributed by atoms with van der Waals surface area (Å²) in [6, 6.07) is 0. The molecular weight excluding hydrogens is 596 g/mol. The number of allylic oxidation sites excluding steroid dienone is 1. The van der Waals surface area contributed by atoms with Crippen LogP contribution in [-0.4, -0.2) is 119 Å². The number of hydrogen-bond donors (Lipinski definition) is 5. The Hall–Kier alpha value is -0.700. The fourth-order valence-corrected chi connectivity index (χ4v) is 10.8. The largest absolute Gasteiger partial charge is 0.390 e. The maximum absolute atomic E-state index is 11.6. The normalized spacial score (nSPS) is 54.7. The summed E-state index contributed by atoms with van der Waals surface area (Å²) in [5, 5.41) is 54.7. The Balaban J connectivity index is 1.11. The molecule has 6 rings (SSSR count). The van der Waals surface area contributed by atoms with E-state index in [2.05, 4.69) is 19.9 Å². The number of methoxy groups -OCH3 is 2. The van der Waals surface area contributed by atoms with Crippen LogP contribution in [0.25, 0.3) is 0 Å². The van der Waals surface area contributed by atoms with Crippen molar-refractivity contribution in [3.05, 3.63) is 11.6 Å². The molecule has 5 fully saturated rings. The molecule has 2 aliphatic heterocycles. The minimum Gasteiger partial charge on any atom is -0.390 e. The van der Waals surface area contributed by atoms with Crippen LogP contribution < -0.4 is 0 Å². The van der Waals surface area contributed by atoms with Gasteiger partial charge in [0, 0.05) is 19.6 Å². The molecule has 2 saturated heterocycles. The van der Waals surface area contributed by atoms with Gasteiger partial charge in [0.05, 0.1) is 30.0 Å². The van der Waals surface area contributed by atoms with Crippen LogP contribution in [0.15, 0.2) is 11.6 Å². The average Bonchev–Trinajstić information content (AvgIpc) is 3.30. The molecule has 5 N–H and O–H groups in total. The van der Waals surface area contributed by atoms with Crippen molar-refractivity contribution in [3.63, 3.8) is 0 Å². The van der Waals surface area contributed by atoms with E-state index in [1.807, 2.05) is 6.92 Å². The SMILES string of the molecule is CO[C@H]1[C@@H](O)[C@@H](C)O[C@@H](O[C@@H]2[C@H](OC)[C@@H](O)[C@H](O[C@H]3CC[C@@]4(C)C(=CC[C@@H]5[C@@H]4CC[C@@]4(C)[C@H]5CC[C@]4(O)[C@H](C)O)C3)O[C@@H]2C)[C@@H]1O. The van der Waals surface area contributed by atoms with Gasteiger partial charge in [0.25, 0.3) is 0 Å². The van der Waals surface area contributed by atoms with Gasteiger partial charge >= 0.3 is 0 Å². The third-order valence-corrected chi connectivity index (χ3v) is 13.7. The number of aliphatic hydroxyl groups is 5. The van der Waals surface area contributed by atoms with E-state index in [1.54, 1.807) is 13.8 Å². The van der Waals surface area contributed by atoms with Gasteiger partial charge in [0.15, 0.2) is 12.6 Å². The van der Waals surface area contributed by atoms with Gasteiger partial charge in [0.1, 0.15) is 36.6 Å². The summed E-state index contributed by atoms with van der Waals surface area (Å²) in [5.41, 5.74) is 0.209. The Morgan fingerprint density at radius 1 is 0.804 bits per heavy atom. The highest BCUT2D eigenvalue weighted by Gasteiger charge is 2.65. The summed E-state index contributed by atoms with van der Waals surface area (Å²) in [6.45, 7) is 9.87. The van der Waals surface area contributed by atoms with Crippen LogP contribution in [0.2, 0.25) is 0 Å². The monoisotopic (exact) mass is 654 g/mol. The van der Waals surface area contributed by atoms with Crippen molar-refractivity contribution < 1.29 is 54.0 Å². The molecule has 6 aliphatic rings. The van der Waals surface area contributed by atoms with E-state index in [4.69, 9.17) is 28.4 Å². The van der Waals surface area contributed by atoms with Gasteiger partial charge < -0.3 is 54.0 Å². The second-order valence-corrected chi connectivity index (χ2v) is 15.7. The Labute approximate surface area is 273 Å². The molecule has 0 spiro atoms. The second-order valence-electron chi connectivity index (χ2n) is 15.7. The molecule has 18 atom stereocenters. The molecule has 46 heavy (non-hydrogen) atoms. The lowest BCUT2D eigenvalue weighted by molar-refractivity contribution is -0.359. The fraction of sp³-hybridized carbons (Fsp3) is 0.943. The first kappa shape index (κ1) is 35.1. The zero-order chi connectivity index (χ0) is 33.3. The van der Waals surface area contributed by atoms with Crippen molar-refractivity contribution in [1.82, 2.24) is 0 Å². The standard InChI is InChI=1S/C35H58O11/c1-17-25(37)29(41-6)26(38)32(43-17)46-28-18(2)44-31(27(39)30(28)42-7)45-21-10-13-33(4)20(16-21)8-9-22-23(33)11-14-34(5)24(22)12-15-35(34,40)19(3)36/h8,17-19,21-32,36-40H,9-16H2,1-7H3/t17-,18-,19+,21+,22-,23+,24+,25+,26-,27-,28+,29+,30-,31+,32+,33+,34+,35+/m1/s1. The van der Waals surface area contributed by atoms with Crippen molar-refractivity contribution >= 4 is 0 Å². The average molecular weight is 655 g/mol. The van der Waals surface area contributed by atoms with E-state index in [-0.39, 0.29) is 16.9 Å². The predicted molar refractivity (Wildman–Crippen MR) is 166 cm³/mol. The lowest BCUT2D eigenvalue weighted by Crippen LogP contribution is -2.64. The van der Waals surface area contributed by atoms with Crippen LogP contribution in [0, 0.1) is 28.6 Å². The highest BCUT2D eigenvalue weighted by Crippen LogP contribution is 2.67. The highest BCUT2D eigenvalue weighted by molar-refractivity contribution is 5.26. The number of rotatable bonds is 7. The maximum atomic E-state index is 11.6. The summed E-state index contributed by atoms with van der Waals surface area (Å²) in [4.78, 5) is 0. The highest BCUT2D eigenvalue weighted by atomic mass is 16.7. The van der Waals surface area contributed by atoms with Crippen molar-refractivity contribution in [2.45, 2.75) is 165 Å². The van der Waals surface area contributed by atoms with E-state index in [9.17, 15) is 25.5 Å². The van der Waals surface area contributed by atoms with Crippen molar-refractivity contribution in [2.24, 2.45) is 28.6 Å². The van der Waals surface area contributed by atoms with Gasteiger partial charge in [-0.05, 0) is 95.3 Å². The van der Waals surface area contributed by atoms with Crippen LogP contribution in [0.4, 0.5) is 0 Å². The van der Waals surface area contributed by atoms with Crippen LogP contribution in [-0.2, 0) is 28.4 Å². The van der Waals surface area contributed by atoms with Gasteiger partial charge in [-0.2, -0.15) is 0 Å². The molecule has 264 valence electrons. The molecular formula is C35H58O11. The summed E-state index contributed by atoms with van der Waals surface area (Å²) in [7, 11) is 2.91. The molecule has 3 saturated carbocycles. The summed E-state index contributed by atoms with van der Waals surface area (Å²) in [6.07, 6.45) is -0.316. The van der Waals surface area contributed by atoms with E-state index >= 15 is 0 Å². The molecule has 11 nitrogen and oxygen atoms in total. The number of fused-ring (bicyclic) bond motifs is 5. The summed E-state index contributed by atoms with van der Waals surface area (Å²) in [5.74, 6) is 1.43. The number of aliphatic hydroxyl groups excluding tert-OH is 4. The van der Waals surface area contributed by atoms with Gasteiger partial charge in [-0.1, -0.05) is 25.5 Å². The first-order chi connectivity index (χ1) is 21.7. The number of hydrogen-bond acceptors (Lipinski definition) is 11. The molecule has 0 unspecified atom stereocenters. The topological polar surface area (TPSA) is 157 Å². The van der Waals surface area contributed by atoms with Crippen LogP contribution >= 0.6 is 0 Å². The molecule has 0 aromatic carbocycles. The smallest absolute Gasteiger partial charge is 0.187 e. The molecule has 0 radical (unpaired) electrons. The molecule has 0 aromatic heterocycles.